The summed E-state index contributed by atoms with van der Waals surface area (Å²) in [5.74, 6) is 2.20. The normalized spacial score (nSPS) is 23.0. The van der Waals surface area contributed by atoms with Gasteiger partial charge in [0.15, 0.2) is 0 Å². The molecule has 32 heavy (non-hydrogen) atoms. The first-order valence-electron chi connectivity index (χ1n) is 13.0. The van der Waals surface area contributed by atoms with Gasteiger partial charge in [0.05, 0.1) is 0 Å². The van der Waals surface area contributed by atoms with Crippen molar-refractivity contribution in [3.05, 3.63) is 77.4 Å². The van der Waals surface area contributed by atoms with E-state index in [1.54, 1.807) is 5.56 Å². The summed E-state index contributed by atoms with van der Waals surface area (Å²) in [6.07, 6.45) is 9.54. The Hall–Kier alpha value is -2.02. The molecule has 1 aliphatic heterocycles. The first kappa shape index (κ1) is 23.1. The van der Waals surface area contributed by atoms with Crippen LogP contribution < -0.4 is 0 Å². The molecule has 2 aromatic carbocycles. The number of aryl methyl sites for hydroxylation is 1. The molecule has 2 aliphatic rings. The van der Waals surface area contributed by atoms with Gasteiger partial charge in [-0.25, -0.2) is 0 Å². The monoisotopic (exact) mass is 429 g/mol. The largest absolute Gasteiger partial charge is 0.371 e. The lowest BCUT2D eigenvalue weighted by Crippen LogP contribution is -2.43. The highest BCUT2D eigenvalue weighted by Crippen LogP contribution is 2.53. The number of hydrogen-bond donors (Lipinski definition) is 0. The molecule has 0 N–H and O–H groups in total. The van der Waals surface area contributed by atoms with Gasteiger partial charge in [-0.15, -0.1) is 0 Å². The highest BCUT2D eigenvalue weighted by molar-refractivity contribution is 5.63. The van der Waals surface area contributed by atoms with Gasteiger partial charge in [0.1, 0.15) is 0 Å². The molecule has 1 saturated heterocycles. The third kappa shape index (κ3) is 4.98. The van der Waals surface area contributed by atoms with E-state index in [9.17, 15) is 0 Å². The molecule has 1 saturated carbocycles. The van der Waals surface area contributed by atoms with Crippen molar-refractivity contribution in [1.82, 2.24) is 4.90 Å². The highest BCUT2D eigenvalue weighted by Gasteiger charge is 2.42. The summed E-state index contributed by atoms with van der Waals surface area (Å²) in [5, 5.41) is 0. The number of likely N-dealkylation sites (tertiary alicyclic amines) is 1. The lowest BCUT2D eigenvalue weighted by atomic mass is 9.59. The molecule has 1 heterocycles. The average Bonchev–Trinajstić information content (AvgIpc) is 2.79. The zero-order valence-electron chi connectivity index (χ0n) is 20.9. The molecule has 2 fully saturated rings. The van der Waals surface area contributed by atoms with Crippen LogP contribution in [0.15, 0.2) is 55.1 Å². The van der Waals surface area contributed by atoms with E-state index in [0.29, 0.717) is 11.3 Å². The maximum absolute atomic E-state index is 4.53. The molecule has 1 spiro atoms. The average molecular weight is 430 g/mol. The van der Waals surface area contributed by atoms with Gasteiger partial charge in [-0.3, -0.25) is 0 Å². The van der Waals surface area contributed by atoms with Gasteiger partial charge in [0.2, 0.25) is 0 Å². The van der Waals surface area contributed by atoms with Gasteiger partial charge in [-0.1, -0.05) is 82.7 Å². The Kier molecular flexibility index (Phi) is 7.13. The summed E-state index contributed by atoms with van der Waals surface area (Å²) in [4.78, 5) is 2.57. The minimum Gasteiger partial charge on any atom is -0.371 e. The van der Waals surface area contributed by atoms with Crippen molar-refractivity contribution in [2.45, 2.75) is 84.5 Å². The minimum atomic E-state index is 0.521. The van der Waals surface area contributed by atoms with Crippen LogP contribution in [-0.2, 0) is 0 Å². The van der Waals surface area contributed by atoms with Gasteiger partial charge in [-0.05, 0) is 90.5 Å². The summed E-state index contributed by atoms with van der Waals surface area (Å²) in [7, 11) is 0. The van der Waals surface area contributed by atoms with E-state index in [1.165, 1.54) is 67.3 Å². The van der Waals surface area contributed by atoms with Crippen molar-refractivity contribution in [2.24, 2.45) is 11.3 Å². The second-order valence-electron chi connectivity index (χ2n) is 11.1. The summed E-state index contributed by atoms with van der Waals surface area (Å²) in [6.45, 7) is 16.0. The quantitative estimate of drug-likeness (QED) is 0.444. The van der Waals surface area contributed by atoms with Crippen molar-refractivity contribution in [1.29, 1.82) is 0 Å². The van der Waals surface area contributed by atoms with E-state index < -0.39 is 0 Å². The summed E-state index contributed by atoms with van der Waals surface area (Å²) >= 11 is 0. The second-order valence-corrected chi connectivity index (χ2v) is 11.1. The van der Waals surface area contributed by atoms with Gasteiger partial charge >= 0.3 is 0 Å². The molecule has 0 aromatic heterocycles. The van der Waals surface area contributed by atoms with E-state index in [2.05, 4.69) is 87.7 Å². The predicted molar refractivity (Wildman–Crippen MR) is 139 cm³/mol. The van der Waals surface area contributed by atoms with E-state index in [1.807, 2.05) is 0 Å². The smallest absolute Gasteiger partial charge is 0.0366 e. The summed E-state index contributed by atoms with van der Waals surface area (Å²) < 4.78 is 0. The van der Waals surface area contributed by atoms with E-state index in [4.69, 9.17) is 0 Å². The Morgan fingerprint density at radius 1 is 1.06 bits per heavy atom. The van der Waals surface area contributed by atoms with Crippen LogP contribution in [0.25, 0.3) is 5.70 Å². The van der Waals surface area contributed by atoms with Gasteiger partial charge in [-0.2, -0.15) is 0 Å². The Morgan fingerprint density at radius 2 is 1.78 bits per heavy atom. The molecule has 1 nitrogen and oxygen atoms in total. The standard InChI is InChI=1S/C31H43N/c1-6-10-26-20-29(27-11-8-7-9-12-27)22-31(21-26)15-17-32(18-16-31)25(5)28-13-14-30(23(2)3)24(4)19-28/h7-9,11-14,19,23,26,29H,5-6,10,15-18,20-22H2,1-4H3. The lowest BCUT2D eigenvalue weighted by molar-refractivity contribution is 0.0510. The lowest BCUT2D eigenvalue weighted by Gasteiger charge is -2.50. The van der Waals surface area contributed by atoms with Crippen LogP contribution in [-0.4, -0.2) is 18.0 Å². The third-order valence-electron chi connectivity index (χ3n) is 8.42. The van der Waals surface area contributed by atoms with Crippen LogP contribution >= 0.6 is 0 Å². The number of rotatable bonds is 6. The number of piperidine rings is 1. The Morgan fingerprint density at radius 3 is 2.41 bits per heavy atom. The fourth-order valence-corrected chi connectivity index (χ4v) is 6.74. The zero-order chi connectivity index (χ0) is 22.7. The minimum absolute atomic E-state index is 0.521. The van der Waals surface area contributed by atoms with Crippen molar-refractivity contribution in [2.75, 3.05) is 13.1 Å². The SMILES string of the molecule is C=C(c1ccc(C(C)C)c(C)c1)N1CCC2(CC1)CC(CCC)CC(c1ccccc1)C2. The third-order valence-corrected chi connectivity index (χ3v) is 8.42. The summed E-state index contributed by atoms with van der Waals surface area (Å²) in [6, 6.07) is 18.3. The molecular weight excluding hydrogens is 386 g/mol. The first-order chi connectivity index (χ1) is 15.4. The van der Waals surface area contributed by atoms with E-state index >= 15 is 0 Å². The number of nitrogens with zero attached hydrogens (tertiary/aromatic N) is 1. The topological polar surface area (TPSA) is 3.24 Å². The molecule has 0 bridgehead atoms. The molecule has 172 valence electrons. The number of benzene rings is 2. The maximum Gasteiger partial charge on any atom is 0.0366 e. The van der Waals surface area contributed by atoms with Gasteiger partial charge in [0, 0.05) is 18.8 Å². The molecule has 2 unspecified atom stereocenters. The fraction of sp³-hybridized carbons (Fsp3) is 0.548. The molecular formula is C31H43N. The molecule has 2 aromatic rings. The van der Waals surface area contributed by atoms with Gasteiger partial charge in [0.25, 0.3) is 0 Å². The van der Waals surface area contributed by atoms with Gasteiger partial charge < -0.3 is 4.90 Å². The van der Waals surface area contributed by atoms with Crippen LogP contribution in [0.5, 0.6) is 0 Å². The van der Waals surface area contributed by atoms with E-state index in [-0.39, 0.29) is 0 Å². The molecule has 1 aliphatic carbocycles. The van der Waals surface area contributed by atoms with Crippen molar-refractivity contribution < 1.29 is 0 Å². The predicted octanol–water partition coefficient (Wildman–Crippen LogP) is 8.56. The molecule has 1 heteroatoms. The van der Waals surface area contributed by atoms with Crippen LogP contribution in [0.3, 0.4) is 0 Å². The Labute approximate surface area is 196 Å². The second kappa shape index (κ2) is 9.86. The maximum atomic E-state index is 4.53. The molecule has 4 rings (SSSR count). The Balaban J connectivity index is 1.46. The Bertz CT molecular complexity index is 901. The first-order valence-corrected chi connectivity index (χ1v) is 13.0. The van der Waals surface area contributed by atoms with Crippen LogP contribution in [0, 0.1) is 18.3 Å². The van der Waals surface area contributed by atoms with Crippen LogP contribution in [0.2, 0.25) is 0 Å². The highest BCUT2D eigenvalue weighted by atomic mass is 15.1. The van der Waals surface area contributed by atoms with Crippen molar-refractivity contribution in [3.8, 4) is 0 Å². The van der Waals surface area contributed by atoms with Crippen LogP contribution in [0.1, 0.15) is 99.8 Å². The van der Waals surface area contributed by atoms with Crippen molar-refractivity contribution in [3.63, 3.8) is 0 Å². The molecule has 2 atom stereocenters. The number of hydrogen-bond acceptors (Lipinski definition) is 1. The van der Waals surface area contributed by atoms with E-state index in [0.717, 1.165) is 24.9 Å². The summed E-state index contributed by atoms with van der Waals surface area (Å²) in [5.41, 5.74) is 7.46. The fourth-order valence-electron chi connectivity index (χ4n) is 6.74. The molecule has 0 radical (unpaired) electrons. The molecule has 0 amide bonds. The van der Waals surface area contributed by atoms with Crippen LogP contribution in [0.4, 0.5) is 0 Å². The zero-order valence-corrected chi connectivity index (χ0v) is 20.9. The van der Waals surface area contributed by atoms with Crippen molar-refractivity contribution >= 4 is 5.70 Å².